The number of carbonyl (C=O) groups excluding carboxylic acids is 1. The highest BCUT2D eigenvalue weighted by Gasteiger charge is 2.32. The number of aliphatic hydroxyl groups excluding tert-OH is 1. The predicted octanol–water partition coefficient (Wildman–Crippen LogP) is 1.09. The van der Waals surface area contributed by atoms with E-state index in [4.69, 9.17) is 5.11 Å². The lowest BCUT2D eigenvalue weighted by atomic mass is 9.96. The van der Waals surface area contributed by atoms with Gasteiger partial charge in [0.05, 0.1) is 12.6 Å². The minimum atomic E-state index is -0.148. The van der Waals surface area contributed by atoms with E-state index in [0.29, 0.717) is 18.6 Å². The van der Waals surface area contributed by atoms with E-state index in [1.54, 1.807) is 0 Å². The number of aliphatic hydroxyl groups is 1. The van der Waals surface area contributed by atoms with Crippen molar-refractivity contribution in [3.8, 4) is 0 Å². The summed E-state index contributed by atoms with van der Waals surface area (Å²) < 4.78 is 0. The first-order valence-electron chi connectivity index (χ1n) is 6.62. The molecular weight excluding hydrogens is 216 g/mol. The summed E-state index contributed by atoms with van der Waals surface area (Å²) >= 11 is 0. The Labute approximate surface area is 105 Å². The van der Waals surface area contributed by atoms with Crippen molar-refractivity contribution < 1.29 is 9.90 Å². The van der Waals surface area contributed by atoms with Crippen LogP contribution in [0, 0.1) is 0 Å². The van der Waals surface area contributed by atoms with Crippen molar-refractivity contribution in [3.63, 3.8) is 0 Å². The fourth-order valence-electron chi connectivity index (χ4n) is 2.61. The minimum absolute atomic E-state index is 0.0965. The van der Waals surface area contributed by atoms with E-state index in [-0.39, 0.29) is 18.6 Å². The molecule has 1 fully saturated rings. The van der Waals surface area contributed by atoms with Crippen LogP contribution in [0.1, 0.15) is 40.0 Å². The second kappa shape index (κ2) is 6.36. The summed E-state index contributed by atoms with van der Waals surface area (Å²) in [6, 6.07) is 0.539. The average molecular weight is 242 g/mol. The predicted molar refractivity (Wildman–Crippen MR) is 68.8 cm³/mol. The number of carbonyl (C=O) groups is 1. The van der Waals surface area contributed by atoms with Gasteiger partial charge in [-0.15, -0.1) is 0 Å². The molecule has 0 saturated carbocycles. The van der Waals surface area contributed by atoms with Crippen molar-refractivity contribution in [2.45, 2.75) is 58.2 Å². The maximum Gasteiger partial charge on any atom is 0.240 e. The van der Waals surface area contributed by atoms with E-state index >= 15 is 0 Å². The molecule has 1 aliphatic heterocycles. The van der Waals surface area contributed by atoms with Crippen LogP contribution in [0.15, 0.2) is 0 Å². The van der Waals surface area contributed by atoms with Crippen LogP contribution >= 0.6 is 0 Å². The molecule has 3 unspecified atom stereocenters. The number of likely N-dealkylation sites (N-methyl/N-ethyl adjacent to an activating group) is 1. The first-order valence-corrected chi connectivity index (χ1v) is 6.62. The molecule has 100 valence electrons. The van der Waals surface area contributed by atoms with Gasteiger partial charge in [0.1, 0.15) is 0 Å². The molecule has 0 aromatic carbocycles. The van der Waals surface area contributed by atoms with Crippen LogP contribution in [0.5, 0.6) is 0 Å². The molecular formula is C13H26N2O2. The summed E-state index contributed by atoms with van der Waals surface area (Å²) in [4.78, 5) is 16.4. The summed E-state index contributed by atoms with van der Waals surface area (Å²) in [7, 11) is 1.89. The third kappa shape index (κ3) is 3.42. The van der Waals surface area contributed by atoms with Crippen molar-refractivity contribution in [1.82, 2.24) is 9.80 Å². The number of hydrogen-bond donors (Lipinski definition) is 1. The smallest absolute Gasteiger partial charge is 0.240 e. The van der Waals surface area contributed by atoms with Gasteiger partial charge in [0.25, 0.3) is 0 Å². The van der Waals surface area contributed by atoms with Crippen molar-refractivity contribution in [3.05, 3.63) is 0 Å². The zero-order valence-electron chi connectivity index (χ0n) is 11.5. The van der Waals surface area contributed by atoms with Gasteiger partial charge in [-0.2, -0.15) is 0 Å². The Bertz CT molecular complexity index is 248. The van der Waals surface area contributed by atoms with Crippen LogP contribution in [0.2, 0.25) is 0 Å². The Morgan fingerprint density at radius 3 is 2.41 bits per heavy atom. The maximum atomic E-state index is 12.4. The molecule has 1 saturated heterocycles. The van der Waals surface area contributed by atoms with E-state index in [1.165, 1.54) is 6.42 Å². The van der Waals surface area contributed by atoms with E-state index in [1.807, 2.05) is 23.8 Å². The highest BCUT2D eigenvalue weighted by Crippen LogP contribution is 2.23. The Morgan fingerprint density at radius 1 is 1.41 bits per heavy atom. The zero-order valence-corrected chi connectivity index (χ0v) is 11.5. The standard InChI is InChI=1S/C13H26N2O2/c1-10-6-5-7-11(2)15(10)13(17)12(3)14(4)8-9-16/h10-12,16H,5-9H2,1-4H3. The van der Waals surface area contributed by atoms with E-state index in [0.717, 1.165) is 12.8 Å². The number of nitrogens with zero attached hydrogens (tertiary/aromatic N) is 2. The van der Waals surface area contributed by atoms with Gasteiger partial charge in [-0.3, -0.25) is 9.69 Å². The van der Waals surface area contributed by atoms with Crippen molar-refractivity contribution in [2.75, 3.05) is 20.2 Å². The van der Waals surface area contributed by atoms with Crippen molar-refractivity contribution in [2.24, 2.45) is 0 Å². The van der Waals surface area contributed by atoms with Gasteiger partial charge >= 0.3 is 0 Å². The Balaban J connectivity index is 2.66. The fraction of sp³-hybridized carbons (Fsp3) is 0.923. The Kier molecular flexibility index (Phi) is 5.40. The summed E-state index contributed by atoms with van der Waals surface area (Å²) in [5.74, 6) is 0.195. The van der Waals surface area contributed by atoms with E-state index < -0.39 is 0 Å². The highest BCUT2D eigenvalue weighted by molar-refractivity contribution is 5.82. The lowest BCUT2D eigenvalue weighted by Gasteiger charge is -2.41. The number of piperidine rings is 1. The average Bonchev–Trinajstić information content (AvgIpc) is 2.27. The molecule has 4 nitrogen and oxygen atoms in total. The van der Waals surface area contributed by atoms with Crippen molar-refractivity contribution in [1.29, 1.82) is 0 Å². The zero-order chi connectivity index (χ0) is 13.0. The molecule has 1 N–H and O–H groups in total. The van der Waals surface area contributed by atoms with Crippen LogP contribution < -0.4 is 0 Å². The van der Waals surface area contributed by atoms with E-state index in [9.17, 15) is 4.79 Å². The van der Waals surface area contributed by atoms with Gasteiger partial charge in [0.15, 0.2) is 0 Å². The van der Waals surface area contributed by atoms with Gasteiger partial charge in [0.2, 0.25) is 5.91 Å². The molecule has 0 radical (unpaired) electrons. The van der Waals surface area contributed by atoms with E-state index in [2.05, 4.69) is 13.8 Å². The highest BCUT2D eigenvalue weighted by atomic mass is 16.3. The van der Waals surface area contributed by atoms with Crippen molar-refractivity contribution >= 4 is 5.91 Å². The number of hydrogen-bond acceptors (Lipinski definition) is 3. The lowest BCUT2D eigenvalue weighted by Crippen LogP contribution is -2.54. The second-order valence-corrected chi connectivity index (χ2v) is 5.25. The molecule has 1 amide bonds. The third-order valence-electron chi connectivity index (χ3n) is 3.92. The molecule has 1 heterocycles. The van der Waals surface area contributed by atoms with Gasteiger partial charge in [-0.05, 0) is 47.1 Å². The quantitative estimate of drug-likeness (QED) is 0.802. The first kappa shape index (κ1) is 14.5. The molecule has 0 aliphatic carbocycles. The van der Waals surface area contributed by atoms with Gasteiger partial charge in [-0.25, -0.2) is 0 Å². The van der Waals surface area contributed by atoms with Crippen LogP contribution in [-0.4, -0.2) is 59.1 Å². The molecule has 0 spiro atoms. The van der Waals surface area contributed by atoms with Crippen LogP contribution in [0.3, 0.4) is 0 Å². The fourth-order valence-corrected chi connectivity index (χ4v) is 2.61. The Morgan fingerprint density at radius 2 is 1.94 bits per heavy atom. The molecule has 0 aromatic rings. The first-order chi connectivity index (χ1) is 7.99. The van der Waals surface area contributed by atoms with Crippen LogP contribution in [0.4, 0.5) is 0 Å². The minimum Gasteiger partial charge on any atom is -0.395 e. The van der Waals surface area contributed by atoms with Gasteiger partial charge in [0, 0.05) is 18.6 Å². The molecule has 3 atom stereocenters. The maximum absolute atomic E-state index is 12.4. The summed E-state index contributed by atoms with van der Waals surface area (Å²) in [5.41, 5.74) is 0. The molecule has 0 aromatic heterocycles. The number of amides is 1. The third-order valence-corrected chi connectivity index (χ3v) is 3.92. The normalized spacial score (nSPS) is 27.3. The van der Waals surface area contributed by atoms with Crippen LogP contribution in [-0.2, 0) is 4.79 Å². The molecule has 4 heteroatoms. The lowest BCUT2D eigenvalue weighted by molar-refractivity contribution is -0.142. The van der Waals surface area contributed by atoms with Gasteiger partial charge in [-0.1, -0.05) is 0 Å². The largest absolute Gasteiger partial charge is 0.395 e. The van der Waals surface area contributed by atoms with Gasteiger partial charge < -0.3 is 10.0 Å². The molecule has 1 rings (SSSR count). The topological polar surface area (TPSA) is 43.8 Å². The number of likely N-dealkylation sites (tertiary alicyclic amines) is 1. The molecule has 1 aliphatic rings. The number of rotatable bonds is 4. The SMILES string of the molecule is CC(C(=O)N1C(C)CCCC1C)N(C)CCO. The second-order valence-electron chi connectivity index (χ2n) is 5.25. The summed E-state index contributed by atoms with van der Waals surface area (Å²) in [6.45, 7) is 6.83. The van der Waals surface area contributed by atoms with Crippen LogP contribution in [0.25, 0.3) is 0 Å². The Hall–Kier alpha value is -0.610. The molecule has 17 heavy (non-hydrogen) atoms. The summed E-state index contributed by atoms with van der Waals surface area (Å²) in [5, 5.41) is 8.92. The summed E-state index contributed by atoms with van der Waals surface area (Å²) in [6.07, 6.45) is 3.42. The monoisotopic (exact) mass is 242 g/mol. The molecule has 0 bridgehead atoms.